The largest absolute Gasteiger partial charge is 0.480 e. The molecule has 18 heavy (non-hydrogen) atoms. The lowest BCUT2D eigenvalue weighted by atomic mass is 10.0. The molecule has 0 bridgehead atoms. The summed E-state index contributed by atoms with van der Waals surface area (Å²) < 4.78 is 0. The Labute approximate surface area is 106 Å². The maximum Gasteiger partial charge on any atom is 0.321 e. The molecule has 0 heterocycles. The van der Waals surface area contributed by atoms with Crippen molar-refractivity contribution in [3.8, 4) is 0 Å². The van der Waals surface area contributed by atoms with Crippen molar-refractivity contribution in [2.24, 2.45) is 0 Å². The Morgan fingerprint density at radius 2 is 1.67 bits per heavy atom. The summed E-state index contributed by atoms with van der Waals surface area (Å²) >= 11 is 0. The molecule has 0 aromatic heterocycles. The number of carboxylic acids is 1. The van der Waals surface area contributed by atoms with Crippen LogP contribution >= 0.6 is 0 Å². The summed E-state index contributed by atoms with van der Waals surface area (Å²) in [6, 6.07) is 8.59. The van der Waals surface area contributed by atoms with Crippen LogP contribution in [0, 0.1) is 0 Å². The zero-order valence-corrected chi connectivity index (χ0v) is 10.2. The standard InChI is InChI=1S/C13H19NO4/c15-8-6-14(7-9-16)12(13(17)18)10-11-4-2-1-3-5-11/h1-5,12,15-16H,6-10H2,(H,17,18). The Morgan fingerprint density at radius 1 is 1.11 bits per heavy atom. The molecule has 0 fully saturated rings. The van der Waals surface area contributed by atoms with Gasteiger partial charge in [-0.2, -0.15) is 0 Å². The van der Waals surface area contributed by atoms with E-state index < -0.39 is 12.0 Å². The molecule has 1 aromatic rings. The van der Waals surface area contributed by atoms with E-state index >= 15 is 0 Å². The quantitative estimate of drug-likeness (QED) is 0.606. The molecule has 0 amide bonds. The van der Waals surface area contributed by atoms with Gasteiger partial charge < -0.3 is 15.3 Å². The first-order chi connectivity index (χ1) is 8.69. The highest BCUT2D eigenvalue weighted by atomic mass is 16.4. The zero-order chi connectivity index (χ0) is 13.4. The second-order valence-corrected chi connectivity index (χ2v) is 4.03. The van der Waals surface area contributed by atoms with Gasteiger partial charge in [0.05, 0.1) is 13.2 Å². The molecule has 0 spiro atoms. The molecule has 0 radical (unpaired) electrons. The number of aliphatic hydroxyl groups excluding tert-OH is 2. The molecule has 0 aliphatic rings. The van der Waals surface area contributed by atoms with Crippen LogP contribution in [-0.2, 0) is 11.2 Å². The fourth-order valence-electron chi connectivity index (χ4n) is 1.89. The number of aliphatic carboxylic acids is 1. The van der Waals surface area contributed by atoms with Crippen molar-refractivity contribution in [1.29, 1.82) is 0 Å². The summed E-state index contributed by atoms with van der Waals surface area (Å²) in [6.07, 6.45) is 0.357. The third kappa shape index (κ3) is 4.44. The number of carbonyl (C=O) groups is 1. The van der Waals surface area contributed by atoms with Gasteiger partial charge in [-0.05, 0) is 12.0 Å². The first kappa shape index (κ1) is 14.6. The van der Waals surface area contributed by atoms with Crippen molar-refractivity contribution in [1.82, 2.24) is 4.90 Å². The highest BCUT2D eigenvalue weighted by Gasteiger charge is 2.24. The van der Waals surface area contributed by atoms with Crippen molar-refractivity contribution >= 4 is 5.97 Å². The minimum atomic E-state index is -0.944. The van der Waals surface area contributed by atoms with Crippen molar-refractivity contribution in [2.45, 2.75) is 12.5 Å². The Morgan fingerprint density at radius 3 is 2.11 bits per heavy atom. The van der Waals surface area contributed by atoms with Crippen molar-refractivity contribution in [3.05, 3.63) is 35.9 Å². The van der Waals surface area contributed by atoms with Crippen LogP contribution < -0.4 is 0 Å². The highest BCUT2D eigenvalue weighted by Crippen LogP contribution is 2.09. The van der Waals surface area contributed by atoms with Crippen LogP contribution in [0.3, 0.4) is 0 Å². The first-order valence-electron chi connectivity index (χ1n) is 5.91. The second-order valence-electron chi connectivity index (χ2n) is 4.03. The average Bonchev–Trinajstić information content (AvgIpc) is 2.37. The van der Waals surface area contributed by atoms with Gasteiger partial charge in [-0.1, -0.05) is 30.3 Å². The number of hydrogen-bond donors (Lipinski definition) is 3. The number of rotatable bonds is 8. The van der Waals surface area contributed by atoms with Crippen LogP contribution in [-0.4, -0.2) is 58.5 Å². The molecule has 5 heteroatoms. The summed E-state index contributed by atoms with van der Waals surface area (Å²) in [5, 5.41) is 27.1. The van der Waals surface area contributed by atoms with Crippen LogP contribution in [0.4, 0.5) is 0 Å². The first-order valence-corrected chi connectivity index (χ1v) is 5.91. The molecule has 0 aliphatic carbocycles. The van der Waals surface area contributed by atoms with Gasteiger partial charge in [0, 0.05) is 13.1 Å². The predicted octanol–water partition coefficient (Wildman–Crippen LogP) is -0.0311. The number of nitrogens with zero attached hydrogens (tertiary/aromatic N) is 1. The van der Waals surface area contributed by atoms with Crippen molar-refractivity contribution in [3.63, 3.8) is 0 Å². The minimum absolute atomic E-state index is 0.126. The molecular weight excluding hydrogens is 234 g/mol. The molecule has 5 nitrogen and oxygen atoms in total. The van der Waals surface area contributed by atoms with Gasteiger partial charge in [-0.3, -0.25) is 9.69 Å². The normalized spacial score (nSPS) is 12.6. The zero-order valence-electron chi connectivity index (χ0n) is 10.2. The Kier molecular flexibility index (Phi) is 6.35. The summed E-state index contributed by atoms with van der Waals surface area (Å²) in [5.41, 5.74) is 0.922. The van der Waals surface area contributed by atoms with E-state index in [1.807, 2.05) is 30.3 Å². The van der Waals surface area contributed by atoms with Crippen LogP contribution in [0.5, 0.6) is 0 Å². The average molecular weight is 253 g/mol. The van der Waals surface area contributed by atoms with E-state index in [9.17, 15) is 9.90 Å². The van der Waals surface area contributed by atoms with Gasteiger partial charge in [0.15, 0.2) is 0 Å². The summed E-state index contributed by atoms with van der Waals surface area (Å²) in [4.78, 5) is 12.9. The maximum absolute atomic E-state index is 11.3. The molecule has 0 saturated heterocycles. The number of carboxylic acid groups (broad SMARTS) is 1. The summed E-state index contributed by atoms with van der Waals surface area (Å²) in [5.74, 6) is -0.944. The van der Waals surface area contributed by atoms with E-state index in [1.54, 1.807) is 4.90 Å². The fraction of sp³-hybridized carbons (Fsp3) is 0.462. The topological polar surface area (TPSA) is 81.0 Å². The third-order valence-electron chi connectivity index (χ3n) is 2.77. The Balaban J connectivity index is 2.77. The Bertz CT molecular complexity index is 349. The number of benzene rings is 1. The van der Waals surface area contributed by atoms with Crippen LogP contribution in [0.1, 0.15) is 5.56 Å². The summed E-state index contributed by atoms with van der Waals surface area (Å²) in [7, 11) is 0. The molecule has 1 unspecified atom stereocenters. The van der Waals surface area contributed by atoms with Crippen molar-refractivity contribution in [2.75, 3.05) is 26.3 Å². The molecule has 3 N–H and O–H groups in total. The second kappa shape index (κ2) is 7.81. The number of hydrogen-bond acceptors (Lipinski definition) is 4. The molecule has 1 aromatic carbocycles. The van der Waals surface area contributed by atoms with E-state index in [0.717, 1.165) is 5.56 Å². The van der Waals surface area contributed by atoms with Crippen LogP contribution in [0.25, 0.3) is 0 Å². The van der Waals surface area contributed by atoms with Gasteiger partial charge in [-0.15, -0.1) is 0 Å². The molecule has 100 valence electrons. The molecule has 1 atom stereocenters. The van der Waals surface area contributed by atoms with Gasteiger partial charge in [0.25, 0.3) is 0 Å². The van der Waals surface area contributed by atoms with Gasteiger partial charge in [0.1, 0.15) is 6.04 Å². The lowest BCUT2D eigenvalue weighted by molar-refractivity contribution is -0.143. The van der Waals surface area contributed by atoms with E-state index in [2.05, 4.69) is 0 Å². The summed E-state index contributed by atoms with van der Waals surface area (Å²) in [6.45, 7) is 0.228. The smallest absolute Gasteiger partial charge is 0.321 e. The predicted molar refractivity (Wildman–Crippen MR) is 67.3 cm³/mol. The molecule has 0 saturated carbocycles. The lowest BCUT2D eigenvalue weighted by Crippen LogP contribution is -2.45. The van der Waals surface area contributed by atoms with Crippen LogP contribution in [0.15, 0.2) is 30.3 Å². The molecular formula is C13H19NO4. The fourth-order valence-corrected chi connectivity index (χ4v) is 1.89. The van der Waals surface area contributed by atoms with Crippen LogP contribution in [0.2, 0.25) is 0 Å². The lowest BCUT2D eigenvalue weighted by Gasteiger charge is -2.27. The highest BCUT2D eigenvalue weighted by molar-refractivity contribution is 5.74. The minimum Gasteiger partial charge on any atom is -0.480 e. The monoisotopic (exact) mass is 253 g/mol. The van der Waals surface area contributed by atoms with Crippen molar-refractivity contribution < 1.29 is 20.1 Å². The van der Waals surface area contributed by atoms with E-state index in [0.29, 0.717) is 6.42 Å². The molecule has 0 aliphatic heterocycles. The van der Waals surface area contributed by atoms with E-state index in [-0.39, 0.29) is 26.3 Å². The maximum atomic E-state index is 11.3. The van der Waals surface area contributed by atoms with Gasteiger partial charge in [0.2, 0.25) is 0 Å². The SMILES string of the molecule is O=C(O)C(Cc1ccccc1)N(CCO)CCO. The number of aliphatic hydroxyl groups is 2. The Hall–Kier alpha value is -1.43. The van der Waals surface area contributed by atoms with E-state index in [4.69, 9.17) is 10.2 Å². The third-order valence-corrected chi connectivity index (χ3v) is 2.77. The van der Waals surface area contributed by atoms with Gasteiger partial charge in [-0.25, -0.2) is 0 Å². The van der Waals surface area contributed by atoms with E-state index in [1.165, 1.54) is 0 Å². The molecule has 1 rings (SSSR count). The van der Waals surface area contributed by atoms with Gasteiger partial charge >= 0.3 is 5.97 Å².